The van der Waals surface area contributed by atoms with Gasteiger partial charge in [0.25, 0.3) is 0 Å². The Kier molecular flexibility index (Phi) is 5.56. The maximum atomic E-state index is 12.2. The topological polar surface area (TPSA) is 46.3 Å². The van der Waals surface area contributed by atoms with Crippen LogP contribution >= 0.6 is 11.3 Å². The van der Waals surface area contributed by atoms with Crippen LogP contribution in [0, 0.1) is 11.8 Å². The van der Waals surface area contributed by atoms with Crippen molar-refractivity contribution in [1.82, 2.24) is 4.90 Å². The van der Waals surface area contributed by atoms with Gasteiger partial charge >= 0.3 is 0 Å². The van der Waals surface area contributed by atoms with Crippen molar-refractivity contribution in [3.05, 3.63) is 57.8 Å². The summed E-state index contributed by atoms with van der Waals surface area (Å²) in [6, 6.07) is 9.83. The van der Waals surface area contributed by atoms with Crippen molar-refractivity contribution in [3.63, 3.8) is 0 Å². The highest BCUT2D eigenvalue weighted by atomic mass is 32.1. The molecule has 4 heteroatoms. The van der Waals surface area contributed by atoms with Crippen LogP contribution in [-0.4, -0.2) is 24.4 Å². The van der Waals surface area contributed by atoms with E-state index in [0.29, 0.717) is 19.5 Å². The van der Waals surface area contributed by atoms with Gasteiger partial charge in [0.1, 0.15) is 0 Å². The lowest BCUT2D eigenvalue weighted by molar-refractivity contribution is -0.129. The predicted octanol–water partition coefficient (Wildman–Crippen LogP) is 2.26. The molecule has 1 aromatic carbocycles. The van der Waals surface area contributed by atoms with Gasteiger partial charge in [0.2, 0.25) is 5.91 Å². The molecule has 0 bridgehead atoms. The number of rotatable bonds is 4. The minimum atomic E-state index is 0.106. The highest BCUT2D eigenvalue weighted by Gasteiger charge is 2.11. The zero-order valence-electron chi connectivity index (χ0n) is 12.0. The van der Waals surface area contributed by atoms with Gasteiger partial charge in [-0.3, -0.25) is 4.79 Å². The van der Waals surface area contributed by atoms with Crippen molar-refractivity contribution in [2.24, 2.45) is 5.73 Å². The first-order valence-electron chi connectivity index (χ1n) is 6.72. The van der Waals surface area contributed by atoms with Crippen molar-refractivity contribution in [3.8, 4) is 11.8 Å². The lowest BCUT2D eigenvalue weighted by Gasteiger charge is -2.18. The molecule has 2 N–H and O–H groups in total. The Morgan fingerprint density at radius 3 is 2.86 bits per heavy atom. The van der Waals surface area contributed by atoms with Crippen LogP contribution in [-0.2, 0) is 17.8 Å². The Morgan fingerprint density at radius 2 is 2.14 bits per heavy atom. The molecule has 21 heavy (non-hydrogen) atoms. The molecule has 0 saturated carbocycles. The number of carbonyl (C=O) groups excluding carboxylic acids is 1. The van der Waals surface area contributed by atoms with E-state index in [1.54, 1.807) is 16.2 Å². The van der Waals surface area contributed by atoms with Crippen molar-refractivity contribution in [2.75, 3.05) is 13.6 Å². The first kappa shape index (κ1) is 15.3. The molecule has 108 valence electrons. The van der Waals surface area contributed by atoms with Crippen LogP contribution in [0.2, 0.25) is 0 Å². The molecular weight excluding hydrogens is 280 g/mol. The van der Waals surface area contributed by atoms with Crippen molar-refractivity contribution < 1.29 is 4.79 Å². The fraction of sp³-hybridized carbons (Fsp3) is 0.235. The second-order valence-electron chi connectivity index (χ2n) is 4.72. The molecule has 0 aliphatic carbocycles. The fourth-order valence-electron chi connectivity index (χ4n) is 1.97. The van der Waals surface area contributed by atoms with Gasteiger partial charge in [-0.15, -0.1) is 0 Å². The third-order valence-electron chi connectivity index (χ3n) is 3.11. The van der Waals surface area contributed by atoms with Gasteiger partial charge in [0.05, 0.1) is 13.0 Å². The molecule has 0 radical (unpaired) electrons. The van der Waals surface area contributed by atoms with Gasteiger partial charge in [-0.25, -0.2) is 0 Å². The second-order valence-corrected chi connectivity index (χ2v) is 5.50. The van der Waals surface area contributed by atoms with E-state index in [2.05, 4.69) is 11.8 Å². The van der Waals surface area contributed by atoms with Crippen molar-refractivity contribution in [1.29, 1.82) is 0 Å². The van der Waals surface area contributed by atoms with Gasteiger partial charge in [0, 0.05) is 19.2 Å². The minimum absolute atomic E-state index is 0.106. The highest BCUT2D eigenvalue weighted by molar-refractivity contribution is 7.07. The molecular formula is C17H18N2OS. The van der Waals surface area contributed by atoms with Crippen molar-refractivity contribution >= 4 is 17.2 Å². The van der Waals surface area contributed by atoms with E-state index in [-0.39, 0.29) is 5.91 Å². The third kappa shape index (κ3) is 4.45. The maximum Gasteiger partial charge on any atom is 0.227 e. The van der Waals surface area contributed by atoms with Gasteiger partial charge in [-0.1, -0.05) is 30.0 Å². The fourth-order valence-corrected chi connectivity index (χ4v) is 2.64. The van der Waals surface area contributed by atoms with Crippen LogP contribution in [0.25, 0.3) is 0 Å². The SMILES string of the molecule is CN(Cc1ccccc1C#CCN)C(=O)Cc1ccsc1. The standard InChI is InChI=1S/C17H18N2OS/c1-19(17(20)11-14-8-10-21-13-14)12-16-6-3-2-5-15(16)7-4-9-18/h2-3,5-6,8,10,13H,9,11-12,18H2,1H3. The van der Waals surface area contributed by atoms with Gasteiger partial charge in [-0.2, -0.15) is 11.3 Å². The smallest absolute Gasteiger partial charge is 0.227 e. The summed E-state index contributed by atoms with van der Waals surface area (Å²) in [5.41, 5.74) is 8.45. The van der Waals surface area contributed by atoms with Crippen molar-refractivity contribution in [2.45, 2.75) is 13.0 Å². The summed E-state index contributed by atoms with van der Waals surface area (Å²) in [7, 11) is 1.82. The number of nitrogens with two attached hydrogens (primary N) is 1. The molecule has 0 saturated heterocycles. The summed E-state index contributed by atoms with van der Waals surface area (Å²) in [5.74, 6) is 6.02. The summed E-state index contributed by atoms with van der Waals surface area (Å²) in [6.45, 7) is 0.889. The molecule has 0 fully saturated rings. The average Bonchev–Trinajstić information content (AvgIpc) is 2.99. The zero-order valence-corrected chi connectivity index (χ0v) is 12.8. The van der Waals surface area contributed by atoms with Gasteiger partial charge in [-0.05, 0) is 34.0 Å². The monoisotopic (exact) mass is 298 g/mol. The third-order valence-corrected chi connectivity index (χ3v) is 3.84. The van der Waals surface area contributed by atoms with Crippen LogP contribution in [0.4, 0.5) is 0 Å². The van der Waals surface area contributed by atoms with Crippen LogP contribution in [0.5, 0.6) is 0 Å². The number of carbonyl (C=O) groups is 1. The zero-order chi connectivity index (χ0) is 15.1. The van der Waals surface area contributed by atoms with Crippen LogP contribution in [0.15, 0.2) is 41.1 Å². The van der Waals surface area contributed by atoms with Crippen LogP contribution in [0.3, 0.4) is 0 Å². The Labute approximate surface area is 129 Å². The molecule has 0 atom stereocenters. The van der Waals surface area contributed by atoms with Gasteiger partial charge < -0.3 is 10.6 Å². The summed E-state index contributed by atoms with van der Waals surface area (Å²) >= 11 is 1.61. The molecule has 3 nitrogen and oxygen atoms in total. The maximum absolute atomic E-state index is 12.2. The quantitative estimate of drug-likeness (QED) is 0.880. The van der Waals surface area contributed by atoms with E-state index in [4.69, 9.17) is 5.73 Å². The van der Waals surface area contributed by atoms with E-state index in [0.717, 1.165) is 16.7 Å². The molecule has 0 spiro atoms. The normalized spacial score (nSPS) is 9.81. The lowest BCUT2D eigenvalue weighted by atomic mass is 10.1. The first-order chi connectivity index (χ1) is 10.2. The van der Waals surface area contributed by atoms with E-state index in [1.165, 1.54) is 0 Å². The summed E-state index contributed by atoms with van der Waals surface area (Å²) in [6.07, 6.45) is 0.441. The largest absolute Gasteiger partial charge is 0.341 e. The Hall–Kier alpha value is -2.09. The molecule has 0 unspecified atom stereocenters. The highest BCUT2D eigenvalue weighted by Crippen LogP contribution is 2.12. The summed E-state index contributed by atoms with van der Waals surface area (Å²) in [5, 5.41) is 3.99. The number of amides is 1. The van der Waals surface area contributed by atoms with E-state index in [9.17, 15) is 4.79 Å². The van der Waals surface area contributed by atoms with Gasteiger partial charge in [0.15, 0.2) is 0 Å². The van der Waals surface area contributed by atoms with E-state index < -0.39 is 0 Å². The number of hydrogen-bond donors (Lipinski definition) is 1. The summed E-state index contributed by atoms with van der Waals surface area (Å²) in [4.78, 5) is 14.0. The first-order valence-corrected chi connectivity index (χ1v) is 7.67. The number of thiophene rings is 1. The number of benzene rings is 1. The van der Waals surface area contributed by atoms with Crippen LogP contribution in [0.1, 0.15) is 16.7 Å². The van der Waals surface area contributed by atoms with E-state index in [1.807, 2.05) is 48.1 Å². The molecule has 0 aliphatic heterocycles. The molecule has 1 heterocycles. The molecule has 2 aromatic rings. The predicted molar refractivity (Wildman–Crippen MR) is 86.9 cm³/mol. The lowest BCUT2D eigenvalue weighted by Crippen LogP contribution is -2.27. The average molecular weight is 298 g/mol. The Morgan fingerprint density at radius 1 is 1.33 bits per heavy atom. The number of hydrogen-bond acceptors (Lipinski definition) is 3. The number of nitrogens with zero attached hydrogens (tertiary/aromatic N) is 1. The van der Waals surface area contributed by atoms with Crippen LogP contribution < -0.4 is 5.73 Å². The second kappa shape index (κ2) is 7.63. The molecule has 1 amide bonds. The Balaban J connectivity index is 2.05. The Bertz CT molecular complexity index is 653. The van der Waals surface area contributed by atoms with E-state index >= 15 is 0 Å². The number of likely N-dealkylation sites (N-methyl/N-ethyl adjacent to an activating group) is 1. The minimum Gasteiger partial charge on any atom is -0.341 e. The molecule has 0 aliphatic rings. The summed E-state index contributed by atoms with van der Waals surface area (Å²) < 4.78 is 0. The molecule has 1 aromatic heterocycles. The molecule has 2 rings (SSSR count).